The summed E-state index contributed by atoms with van der Waals surface area (Å²) in [6, 6.07) is 18.7. The summed E-state index contributed by atoms with van der Waals surface area (Å²) in [7, 11) is 0. The summed E-state index contributed by atoms with van der Waals surface area (Å²) in [5, 5.41) is 3.15. The van der Waals surface area contributed by atoms with Gasteiger partial charge >= 0.3 is 0 Å². The highest BCUT2D eigenvalue weighted by Crippen LogP contribution is 2.20. The van der Waals surface area contributed by atoms with Gasteiger partial charge in [0.15, 0.2) is 5.96 Å². The van der Waals surface area contributed by atoms with Gasteiger partial charge in [0.2, 0.25) is 0 Å². The van der Waals surface area contributed by atoms with Crippen molar-refractivity contribution in [3.63, 3.8) is 0 Å². The van der Waals surface area contributed by atoms with Crippen molar-refractivity contribution >= 4 is 11.6 Å². The van der Waals surface area contributed by atoms with Gasteiger partial charge in [-0.3, -0.25) is 0 Å². The van der Waals surface area contributed by atoms with E-state index in [4.69, 9.17) is 5.73 Å². The number of aliphatic imine (C=N–C) groups is 1. The number of aromatic nitrogens is 2. The van der Waals surface area contributed by atoms with Gasteiger partial charge in [-0.15, -0.1) is 0 Å². The van der Waals surface area contributed by atoms with Gasteiger partial charge in [0, 0.05) is 24.6 Å². The smallest absolute Gasteiger partial charge is 0.193 e. The monoisotopic (exact) mass is 361 g/mol. The highest BCUT2D eigenvalue weighted by atomic mass is 15.1. The summed E-state index contributed by atoms with van der Waals surface area (Å²) in [5.74, 6) is 1.84. The molecule has 27 heavy (non-hydrogen) atoms. The topological polar surface area (TPSA) is 68.2 Å². The van der Waals surface area contributed by atoms with Gasteiger partial charge < -0.3 is 15.6 Å². The van der Waals surface area contributed by atoms with Crippen molar-refractivity contribution in [2.45, 2.75) is 39.3 Å². The highest BCUT2D eigenvalue weighted by molar-refractivity contribution is 5.92. The largest absolute Gasteiger partial charge is 0.370 e. The van der Waals surface area contributed by atoms with Crippen molar-refractivity contribution in [2.75, 3.05) is 5.32 Å². The zero-order valence-corrected chi connectivity index (χ0v) is 16.0. The maximum absolute atomic E-state index is 6.05. The number of hydrogen-bond acceptors (Lipinski definition) is 2. The maximum Gasteiger partial charge on any atom is 0.193 e. The van der Waals surface area contributed by atoms with E-state index in [2.05, 4.69) is 58.0 Å². The van der Waals surface area contributed by atoms with Crippen LogP contribution in [0.2, 0.25) is 0 Å². The summed E-state index contributed by atoms with van der Waals surface area (Å²) in [6.07, 6.45) is 4.89. The quantitative estimate of drug-likeness (QED) is 0.485. The Bertz CT molecular complexity index is 865. The van der Waals surface area contributed by atoms with Crippen LogP contribution in [0, 0.1) is 0 Å². The zero-order valence-electron chi connectivity index (χ0n) is 16.0. The van der Waals surface area contributed by atoms with Gasteiger partial charge in [-0.2, -0.15) is 0 Å². The average Bonchev–Trinajstić information content (AvgIpc) is 3.14. The molecule has 1 atom stereocenters. The molecule has 3 rings (SSSR count). The number of nitrogens with one attached hydrogen (secondary N) is 1. The third-order valence-corrected chi connectivity index (χ3v) is 4.75. The molecule has 5 heteroatoms. The number of nitrogens with zero attached hydrogens (tertiary/aromatic N) is 3. The molecule has 0 saturated carbocycles. The summed E-state index contributed by atoms with van der Waals surface area (Å²) >= 11 is 0. The predicted molar refractivity (Wildman–Crippen MR) is 112 cm³/mol. The maximum atomic E-state index is 6.05. The first-order valence-corrected chi connectivity index (χ1v) is 9.36. The van der Waals surface area contributed by atoms with Gasteiger partial charge in [-0.1, -0.05) is 56.3 Å². The van der Waals surface area contributed by atoms with Crippen LogP contribution in [-0.4, -0.2) is 15.5 Å². The Labute approximate surface area is 161 Å². The molecule has 1 unspecified atom stereocenters. The minimum atomic E-state index is 0.389. The fourth-order valence-corrected chi connectivity index (χ4v) is 2.89. The highest BCUT2D eigenvalue weighted by Gasteiger charge is 2.05. The van der Waals surface area contributed by atoms with Crippen molar-refractivity contribution in [3.8, 4) is 0 Å². The fourth-order valence-electron chi connectivity index (χ4n) is 2.89. The Morgan fingerprint density at radius 2 is 1.89 bits per heavy atom. The second-order valence-electron chi connectivity index (χ2n) is 6.71. The van der Waals surface area contributed by atoms with Crippen molar-refractivity contribution in [1.82, 2.24) is 9.55 Å². The van der Waals surface area contributed by atoms with Gasteiger partial charge in [-0.05, 0) is 35.6 Å². The lowest BCUT2D eigenvalue weighted by Gasteiger charge is -2.11. The first-order valence-electron chi connectivity index (χ1n) is 9.36. The molecular formula is C22H27N5. The molecule has 0 radical (unpaired) electrons. The minimum absolute atomic E-state index is 0.389. The first kappa shape index (κ1) is 18.7. The molecular weight excluding hydrogens is 334 g/mol. The summed E-state index contributed by atoms with van der Waals surface area (Å²) in [6.45, 7) is 5.64. The molecule has 0 aliphatic heterocycles. The zero-order chi connectivity index (χ0) is 19.1. The Morgan fingerprint density at radius 1 is 1.15 bits per heavy atom. The molecule has 3 N–H and O–H groups in total. The summed E-state index contributed by atoms with van der Waals surface area (Å²) in [5.41, 5.74) is 9.56. The van der Waals surface area contributed by atoms with Crippen LogP contribution in [0.1, 0.15) is 43.1 Å². The van der Waals surface area contributed by atoms with E-state index in [9.17, 15) is 0 Å². The predicted octanol–water partition coefficient (Wildman–Crippen LogP) is 4.37. The Hall–Kier alpha value is -3.08. The molecule has 1 heterocycles. The van der Waals surface area contributed by atoms with Crippen molar-refractivity contribution in [3.05, 3.63) is 83.9 Å². The molecule has 0 fully saturated rings. The molecule has 0 aliphatic carbocycles. The fraction of sp³-hybridized carbons (Fsp3) is 0.273. The molecule has 3 aromatic rings. The van der Waals surface area contributed by atoms with Crippen LogP contribution in [0.25, 0.3) is 0 Å². The normalized spacial score (nSPS) is 12.7. The van der Waals surface area contributed by atoms with E-state index in [1.165, 1.54) is 11.1 Å². The third-order valence-electron chi connectivity index (χ3n) is 4.75. The van der Waals surface area contributed by atoms with Gasteiger partial charge in [0.25, 0.3) is 0 Å². The standard InChI is InChI=1S/C22H27N5/c1-3-17(2)19-9-11-20(12-10-19)26-22(23)25-15-21-24-13-14-27(21)16-18-7-5-4-6-8-18/h4-14,17H,3,15-16H2,1-2H3,(H3,23,25,26). The number of hydrogen-bond donors (Lipinski definition) is 2. The van der Waals surface area contributed by atoms with E-state index >= 15 is 0 Å². The number of guanidine groups is 1. The van der Waals surface area contributed by atoms with E-state index in [0.717, 1.165) is 24.5 Å². The molecule has 140 valence electrons. The molecule has 5 nitrogen and oxygen atoms in total. The lowest BCUT2D eigenvalue weighted by molar-refractivity contribution is 0.724. The van der Waals surface area contributed by atoms with Crippen LogP contribution in [0.15, 0.2) is 72.0 Å². The second kappa shape index (κ2) is 9.03. The number of nitrogens with two attached hydrogens (primary N) is 1. The molecule has 1 aromatic heterocycles. The number of anilines is 1. The minimum Gasteiger partial charge on any atom is -0.370 e. The van der Waals surface area contributed by atoms with E-state index in [-0.39, 0.29) is 0 Å². The Kier molecular flexibility index (Phi) is 6.26. The average molecular weight is 361 g/mol. The molecule has 2 aromatic carbocycles. The van der Waals surface area contributed by atoms with Gasteiger partial charge in [-0.25, -0.2) is 9.98 Å². The van der Waals surface area contributed by atoms with Crippen LogP contribution in [0.3, 0.4) is 0 Å². The number of benzene rings is 2. The SMILES string of the molecule is CCC(C)c1ccc(NC(N)=NCc2nccn2Cc2ccccc2)cc1. The first-order chi connectivity index (χ1) is 13.2. The molecule has 0 spiro atoms. The van der Waals surface area contributed by atoms with Crippen LogP contribution in [0.5, 0.6) is 0 Å². The van der Waals surface area contributed by atoms with E-state index in [1.54, 1.807) is 6.20 Å². The van der Waals surface area contributed by atoms with Crippen LogP contribution in [-0.2, 0) is 13.1 Å². The van der Waals surface area contributed by atoms with Gasteiger partial charge in [0.05, 0.1) is 0 Å². The lowest BCUT2D eigenvalue weighted by atomic mass is 9.99. The lowest BCUT2D eigenvalue weighted by Crippen LogP contribution is -2.23. The van der Waals surface area contributed by atoms with Crippen LogP contribution in [0.4, 0.5) is 5.69 Å². The van der Waals surface area contributed by atoms with Crippen molar-refractivity contribution in [2.24, 2.45) is 10.7 Å². The van der Waals surface area contributed by atoms with Crippen LogP contribution >= 0.6 is 0 Å². The summed E-state index contributed by atoms with van der Waals surface area (Å²) in [4.78, 5) is 8.84. The van der Waals surface area contributed by atoms with E-state index < -0.39 is 0 Å². The molecule has 0 amide bonds. The van der Waals surface area contributed by atoms with Crippen molar-refractivity contribution in [1.29, 1.82) is 0 Å². The number of rotatable bonds is 7. The van der Waals surface area contributed by atoms with E-state index in [0.29, 0.717) is 18.4 Å². The molecule has 0 aliphatic rings. The van der Waals surface area contributed by atoms with Gasteiger partial charge in [0.1, 0.15) is 12.4 Å². The molecule has 0 saturated heterocycles. The van der Waals surface area contributed by atoms with Crippen LogP contribution < -0.4 is 11.1 Å². The Morgan fingerprint density at radius 3 is 2.59 bits per heavy atom. The Balaban J connectivity index is 1.60. The van der Waals surface area contributed by atoms with E-state index in [1.807, 2.05) is 36.5 Å². The number of imidazole rings is 1. The second-order valence-corrected chi connectivity index (χ2v) is 6.71. The summed E-state index contributed by atoms with van der Waals surface area (Å²) < 4.78 is 2.09. The third kappa shape index (κ3) is 5.20. The van der Waals surface area contributed by atoms with Crippen molar-refractivity contribution < 1.29 is 0 Å². The molecule has 0 bridgehead atoms.